The first kappa shape index (κ1) is 21.9. The molecule has 0 radical (unpaired) electrons. The number of ether oxygens (including phenoxy) is 2. The molecule has 1 atom stereocenters. The van der Waals surface area contributed by atoms with E-state index in [1.165, 1.54) is 32.3 Å². The molecule has 164 valence electrons. The first-order valence-electron chi connectivity index (χ1n) is 10.2. The average Bonchev–Trinajstić information content (AvgIpc) is 3.37. The fourth-order valence-electron chi connectivity index (χ4n) is 4.43. The molecule has 1 N–H and O–H groups in total. The predicted molar refractivity (Wildman–Crippen MR) is 105 cm³/mol. The van der Waals surface area contributed by atoms with Crippen LogP contribution in [0.4, 0.5) is 0 Å². The van der Waals surface area contributed by atoms with Crippen molar-refractivity contribution in [2.24, 2.45) is 5.41 Å². The van der Waals surface area contributed by atoms with Gasteiger partial charge in [0.05, 0.1) is 24.9 Å². The third-order valence-corrected chi connectivity index (χ3v) is 6.05. The molecular weight excluding hydrogens is 392 g/mol. The van der Waals surface area contributed by atoms with E-state index in [9.17, 15) is 9.59 Å². The summed E-state index contributed by atoms with van der Waals surface area (Å²) in [4.78, 5) is 45.9. The van der Waals surface area contributed by atoms with Gasteiger partial charge in [0.15, 0.2) is 0 Å². The summed E-state index contributed by atoms with van der Waals surface area (Å²) in [5, 5.41) is 6.89. The zero-order valence-electron chi connectivity index (χ0n) is 17.2. The molecule has 3 saturated heterocycles. The normalized spacial score (nSPS) is 22.9. The van der Waals surface area contributed by atoms with Crippen LogP contribution in [0.3, 0.4) is 0 Å². The van der Waals surface area contributed by atoms with Gasteiger partial charge in [-0.05, 0) is 38.8 Å². The van der Waals surface area contributed by atoms with E-state index < -0.39 is 5.41 Å². The maximum atomic E-state index is 12.6. The Morgan fingerprint density at radius 1 is 1.27 bits per heavy atom. The molecule has 1 aromatic heterocycles. The second-order valence-electron chi connectivity index (χ2n) is 7.86. The van der Waals surface area contributed by atoms with E-state index in [2.05, 4.69) is 14.9 Å². The van der Waals surface area contributed by atoms with Crippen molar-refractivity contribution in [2.45, 2.75) is 38.2 Å². The van der Waals surface area contributed by atoms with Gasteiger partial charge in [-0.15, -0.1) is 0 Å². The maximum absolute atomic E-state index is 12.6. The van der Waals surface area contributed by atoms with E-state index in [0.29, 0.717) is 37.5 Å². The van der Waals surface area contributed by atoms with E-state index in [1.807, 2.05) is 0 Å². The van der Waals surface area contributed by atoms with Crippen LogP contribution >= 0.6 is 0 Å². The lowest BCUT2D eigenvalue weighted by Crippen LogP contribution is -2.45. The summed E-state index contributed by atoms with van der Waals surface area (Å²) in [5.41, 5.74) is -0.125. The highest BCUT2D eigenvalue weighted by atomic mass is 16.6. The van der Waals surface area contributed by atoms with Gasteiger partial charge in [-0.2, -0.15) is 0 Å². The number of aromatic nitrogens is 2. The number of methoxy groups -OCH3 is 1. The molecule has 3 aliphatic rings. The van der Waals surface area contributed by atoms with Crippen molar-refractivity contribution in [3.63, 3.8) is 0 Å². The largest absolute Gasteiger partial charge is 0.483 e. The van der Waals surface area contributed by atoms with Crippen molar-refractivity contribution < 1.29 is 29.0 Å². The molecule has 1 spiro atoms. The number of hydrogen-bond donors (Lipinski definition) is 1. The molecule has 30 heavy (non-hydrogen) atoms. The van der Waals surface area contributed by atoms with Gasteiger partial charge in [0, 0.05) is 26.1 Å². The minimum Gasteiger partial charge on any atom is -0.483 e. The molecule has 4 heterocycles. The summed E-state index contributed by atoms with van der Waals surface area (Å²) >= 11 is 0. The Morgan fingerprint density at radius 2 is 1.93 bits per heavy atom. The number of rotatable bonds is 4. The smallest absolute Gasteiger partial charge is 0.312 e. The third-order valence-electron chi connectivity index (χ3n) is 6.05. The number of cyclic esters (lactones) is 1. The van der Waals surface area contributed by atoms with Gasteiger partial charge in [-0.1, -0.05) is 0 Å². The summed E-state index contributed by atoms with van der Waals surface area (Å²) in [7, 11) is 1.51. The van der Waals surface area contributed by atoms with Crippen molar-refractivity contribution in [3.8, 4) is 5.88 Å². The van der Waals surface area contributed by atoms with E-state index >= 15 is 0 Å². The average molecular weight is 420 g/mol. The van der Waals surface area contributed by atoms with Gasteiger partial charge in [0.25, 0.3) is 12.4 Å². The Morgan fingerprint density at radius 3 is 2.50 bits per heavy atom. The van der Waals surface area contributed by atoms with Crippen LogP contribution in [0.25, 0.3) is 0 Å². The molecule has 1 aromatic rings. The number of hydrogen-bond acceptors (Lipinski definition) is 8. The Labute approximate surface area is 175 Å². The van der Waals surface area contributed by atoms with Crippen molar-refractivity contribution in [3.05, 3.63) is 18.1 Å². The monoisotopic (exact) mass is 420 g/mol. The molecular formula is C20H28N4O6. The molecule has 1 unspecified atom stereocenters. The first-order valence-corrected chi connectivity index (χ1v) is 10.2. The number of carboxylic acid groups (broad SMARTS) is 1. The molecule has 1 amide bonds. The molecule has 0 saturated carbocycles. The Kier molecular flexibility index (Phi) is 7.20. The van der Waals surface area contributed by atoms with Crippen LogP contribution in [0.5, 0.6) is 5.88 Å². The second-order valence-corrected chi connectivity index (χ2v) is 7.86. The van der Waals surface area contributed by atoms with E-state index in [4.69, 9.17) is 19.4 Å². The minimum absolute atomic E-state index is 0.00898. The molecule has 10 nitrogen and oxygen atoms in total. The molecule has 10 heteroatoms. The number of carbonyl (C=O) groups is 3. The fourth-order valence-corrected chi connectivity index (χ4v) is 4.43. The maximum Gasteiger partial charge on any atom is 0.312 e. The topological polar surface area (TPSA) is 122 Å². The number of nitrogens with zero attached hydrogens (tertiary/aromatic N) is 4. The van der Waals surface area contributed by atoms with Gasteiger partial charge < -0.3 is 19.5 Å². The molecule has 0 bridgehead atoms. The summed E-state index contributed by atoms with van der Waals surface area (Å²) in [6.45, 7) is 3.88. The zero-order valence-corrected chi connectivity index (χ0v) is 17.2. The molecule has 3 aliphatic heterocycles. The standard InChI is InChI=1S/C19H26N4O4.CH2O2/c1-26-16-12-20-15(11-21-16)17(24)23-8-4-19(5-9-23)10-14(27-18(19)25)13-22-6-2-3-7-22;2-1-3/h11-12,14H,2-10,13H2,1H3;1H,(H,2,3). The van der Waals surface area contributed by atoms with Crippen LogP contribution < -0.4 is 4.74 Å². The summed E-state index contributed by atoms with van der Waals surface area (Å²) in [6, 6.07) is 0. The summed E-state index contributed by atoms with van der Waals surface area (Å²) in [5.74, 6) is 0.143. The van der Waals surface area contributed by atoms with Crippen molar-refractivity contribution in [1.82, 2.24) is 19.8 Å². The zero-order chi connectivity index (χ0) is 21.6. The number of piperidine rings is 1. The number of amides is 1. The molecule has 0 aliphatic carbocycles. The van der Waals surface area contributed by atoms with Crippen molar-refractivity contribution >= 4 is 18.3 Å². The summed E-state index contributed by atoms with van der Waals surface area (Å²) < 4.78 is 10.7. The number of likely N-dealkylation sites (tertiary alicyclic amines) is 2. The summed E-state index contributed by atoms with van der Waals surface area (Å²) in [6.07, 6.45) is 7.40. The van der Waals surface area contributed by atoms with E-state index in [-0.39, 0.29) is 24.5 Å². The highest BCUT2D eigenvalue weighted by Gasteiger charge is 2.51. The number of carbonyl (C=O) groups excluding carboxylic acids is 2. The fraction of sp³-hybridized carbons (Fsp3) is 0.650. The van der Waals surface area contributed by atoms with E-state index in [0.717, 1.165) is 26.1 Å². The Bertz CT molecular complexity index is 742. The Balaban J connectivity index is 0.000000806. The van der Waals surface area contributed by atoms with Crippen LogP contribution in [0.15, 0.2) is 12.4 Å². The quantitative estimate of drug-likeness (QED) is 0.557. The lowest BCUT2D eigenvalue weighted by Gasteiger charge is -2.36. The van der Waals surface area contributed by atoms with Crippen LogP contribution in [-0.4, -0.2) is 89.2 Å². The van der Waals surface area contributed by atoms with Crippen LogP contribution in [-0.2, 0) is 14.3 Å². The first-order chi connectivity index (χ1) is 14.5. The van der Waals surface area contributed by atoms with E-state index in [1.54, 1.807) is 4.90 Å². The SMILES string of the molecule is COc1cnc(C(=O)N2CCC3(CC2)CC(CN2CCCC2)OC3=O)cn1.O=CO. The van der Waals surface area contributed by atoms with Gasteiger partial charge in [-0.25, -0.2) is 9.97 Å². The lowest BCUT2D eigenvalue weighted by molar-refractivity contribution is -0.151. The highest BCUT2D eigenvalue weighted by Crippen LogP contribution is 2.43. The van der Waals surface area contributed by atoms with Crippen LogP contribution in [0, 0.1) is 5.41 Å². The van der Waals surface area contributed by atoms with Crippen LogP contribution in [0.1, 0.15) is 42.6 Å². The highest BCUT2D eigenvalue weighted by molar-refractivity contribution is 5.92. The van der Waals surface area contributed by atoms with Crippen molar-refractivity contribution in [2.75, 3.05) is 39.8 Å². The van der Waals surface area contributed by atoms with Gasteiger partial charge >= 0.3 is 5.97 Å². The van der Waals surface area contributed by atoms with Crippen LogP contribution in [0.2, 0.25) is 0 Å². The van der Waals surface area contributed by atoms with Gasteiger partial charge in [0.1, 0.15) is 11.8 Å². The molecule has 4 rings (SSSR count). The lowest BCUT2D eigenvalue weighted by atomic mass is 9.76. The van der Waals surface area contributed by atoms with Gasteiger partial charge in [0.2, 0.25) is 5.88 Å². The number of esters is 1. The van der Waals surface area contributed by atoms with Gasteiger partial charge in [-0.3, -0.25) is 19.3 Å². The second kappa shape index (κ2) is 9.84. The predicted octanol–water partition coefficient (Wildman–Crippen LogP) is 0.820. The minimum atomic E-state index is -0.424. The Hall–Kier alpha value is -2.75. The third kappa shape index (κ3) is 4.86. The van der Waals surface area contributed by atoms with Crippen molar-refractivity contribution in [1.29, 1.82) is 0 Å². The molecule has 3 fully saturated rings. The molecule has 0 aromatic carbocycles.